The number of anilines is 1. The summed E-state index contributed by atoms with van der Waals surface area (Å²) in [5.74, 6) is 1.48. The molecule has 0 aliphatic heterocycles. The summed E-state index contributed by atoms with van der Waals surface area (Å²) in [6, 6.07) is 0. The van der Waals surface area contributed by atoms with E-state index in [9.17, 15) is 0 Å². The van der Waals surface area contributed by atoms with Crippen molar-refractivity contribution in [2.45, 2.75) is 25.4 Å². The first-order valence-electron chi connectivity index (χ1n) is 4.54. The molecule has 1 heterocycles. The average Bonchev–Trinajstić information content (AvgIpc) is 2.14. The van der Waals surface area contributed by atoms with Crippen molar-refractivity contribution in [2.75, 3.05) is 17.6 Å². The Morgan fingerprint density at radius 3 is 2.71 bits per heavy atom. The first-order chi connectivity index (χ1) is 6.76. The summed E-state index contributed by atoms with van der Waals surface area (Å²) >= 11 is 7.30. The highest BCUT2D eigenvalue weighted by Gasteiger charge is 2.03. The van der Waals surface area contributed by atoms with Crippen molar-refractivity contribution in [1.29, 1.82) is 0 Å². The van der Waals surface area contributed by atoms with Gasteiger partial charge in [-0.05, 0) is 23.8 Å². The van der Waals surface area contributed by atoms with Gasteiger partial charge in [0.25, 0.3) is 0 Å². The minimum absolute atomic E-state index is 0.245. The Labute approximate surface area is 92.9 Å². The van der Waals surface area contributed by atoms with E-state index in [4.69, 9.17) is 11.6 Å². The van der Waals surface area contributed by atoms with Crippen LogP contribution in [0.15, 0.2) is 5.16 Å². The van der Waals surface area contributed by atoms with Crippen molar-refractivity contribution >= 4 is 29.3 Å². The molecule has 78 valence electrons. The van der Waals surface area contributed by atoms with E-state index in [-0.39, 0.29) is 5.28 Å². The summed E-state index contributed by atoms with van der Waals surface area (Å²) in [6.07, 6.45) is 1.03. The molecule has 0 amide bonds. The molecule has 0 spiro atoms. The van der Waals surface area contributed by atoms with Gasteiger partial charge in [0, 0.05) is 6.54 Å². The second-order valence-corrected chi connectivity index (χ2v) is 4.14. The van der Waals surface area contributed by atoms with Gasteiger partial charge in [-0.25, -0.2) is 0 Å². The molecule has 1 rings (SSSR count). The maximum atomic E-state index is 5.75. The zero-order valence-electron chi connectivity index (χ0n) is 8.25. The number of rotatable bonds is 5. The van der Waals surface area contributed by atoms with Gasteiger partial charge in [-0.15, -0.1) is 0 Å². The van der Waals surface area contributed by atoms with Crippen LogP contribution >= 0.6 is 23.4 Å². The number of aromatic nitrogens is 3. The van der Waals surface area contributed by atoms with E-state index in [1.807, 2.05) is 6.92 Å². The van der Waals surface area contributed by atoms with Gasteiger partial charge in [-0.3, -0.25) is 0 Å². The molecule has 0 bridgehead atoms. The van der Waals surface area contributed by atoms with Crippen molar-refractivity contribution in [3.05, 3.63) is 5.28 Å². The van der Waals surface area contributed by atoms with Crippen molar-refractivity contribution in [3.63, 3.8) is 0 Å². The summed E-state index contributed by atoms with van der Waals surface area (Å²) in [5.41, 5.74) is 0. The number of hydrogen-bond donors (Lipinski definition) is 1. The van der Waals surface area contributed by atoms with Gasteiger partial charge in [0.05, 0.1) is 0 Å². The van der Waals surface area contributed by atoms with E-state index in [2.05, 4.69) is 27.2 Å². The van der Waals surface area contributed by atoms with Gasteiger partial charge in [-0.1, -0.05) is 25.6 Å². The number of nitrogens with one attached hydrogen (secondary N) is 1. The summed E-state index contributed by atoms with van der Waals surface area (Å²) in [6.45, 7) is 4.97. The first kappa shape index (κ1) is 11.5. The lowest BCUT2D eigenvalue weighted by Crippen LogP contribution is -2.06. The second kappa shape index (κ2) is 6.03. The normalized spacial score (nSPS) is 10.2. The predicted octanol–water partition coefficient (Wildman–Crippen LogP) is 2.46. The van der Waals surface area contributed by atoms with Crippen molar-refractivity contribution in [2.24, 2.45) is 0 Å². The summed E-state index contributed by atoms with van der Waals surface area (Å²) in [5, 5.41) is 3.99. The van der Waals surface area contributed by atoms with E-state index < -0.39 is 0 Å². The van der Waals surface area contributed by atoms with Crippen LogP contribution in [0.5, 0.6) is 0 Å². The van der Waals surface area contributed by atoms with Gasteiger partial charge in [0.15, 0.2) is 5.16 Å². The Morgan fingerprint density at radius 2 is 2.07 bits per heavy atom. The van der Waals surface area contributed by atoms with E-state index in [0.717, 1.165) is 18.7 Å². The topological polar surface area (TPSA) is 50.7 Å². The molecule has 14 heavy (non-hydrogen) atoms. The second-order valence-electron chi connectivity index (χ2n) is 2.57. The molecule has 1 N–H and O–H groups in total. The quantitative estimate of drug-likeness (QED) is 0.791. The van der Waals surface area contributed by atoms with Crippen LogP contribution in [-0.4, -0.2) is 27.2 Å². The monoisotopic (exact) mass is 232 g/mol. The summed E-state index contributed by atoms with van der Waals surface area (Å²) in [7, 11) is 0. The Morgan fingerprint density at radius 1 is 1.29 bits per heavy atom. The van der Waals surface area contributed by atoms with E-state index in [1.165, 1.54) is 0 Å². The SMILES string of the molecule is CCCNc1nc(Cl)nc(SCC)n1. The molecular formula is C8H13ClN4S. The maximum Gasteiger partial charge on any atom is 0.228 e. The number of nitrogens with zero attached hydrogens (tertiary/aromatic N) is 3. The molecule has 6 heteroatoms. The van der Waals surface area contributed by atoms with E-state index in [0.29, 0.717) is 11.1 Å². The molecule has 0 atom stereocenters. The molecule has 0 unspecified atom stereocenters. The predicted molar refractivity (Wildman–Crippen MR) is 60.0 cm³/mol. The van der Waals surface area contributed by atoms with Crippen molar-refractivity contribution in [3.8, 4) is 0 Å². The van der Waals surface area contributed by atoms with Gasteiger partial charge >= 0.3 is 0 Å². The van der Waals surface area contributed by atoms with Crippen LogP contribution in [0.3, 0.4) is 0 Å². The zero-order valence-corrected chi connectivity index (χ0v) is 9.82. The highest BCUT2D eigenvalue weighted by Crippen LogP contribution is 2.15. The Bertz CT molecular complexity index is 295. The lowest BCUT2D eigenvalue weighted by atomic mass is 10.5. The minimum atomic E-state index is 0.245. The highest BCUT2D eigenvalue weighted by molar-refractivity contribution is 7.99. The lowest BCUT2D eigenvalue weighted by Gasteiger charge is -2.04. The molecule has 0 fully saturated rings. The van der Waals surface area contributed by atoms with Crippen LogP contribution < -0.4 is 5.32 Å². The van der Waals surface area contributed by atoms with Gasteiger partial charge in [-0.2, -0.15) is 15.0 Å². The fourth-order valence-corrected chi connectivity index (χ4v) is 1.61. The number of halogens is 1. The van der Waals surface area contributed by atoms with E-state index >= 15 is 0 Å². The van der Waals surface area contributed by atoms with Crippen LogP contribution in [0.2, 0.25) is 5.28 Å². The molecule has 0 radical (unpaired) electrons. The third-order valence-electron chi connectivity index (χ3n) is 1.39. The van der Waals surface area contributed by atoms with Crippen LogP contribution in [0.4, 0.5) is 5.95 Å². The fraction of sp³-hybridized carbons (Fsp3) is 0.625. The molecule has 1 aromatic rings. The smallest absolute Gasteiger partial charge is 0.228 e. The summed E-state index contributed by atoms with van der Waals surface area (Å²) in [4.78, 5) is 12.2. The number of hydrogen-bond acceptors (Lipinski definition) is 5. The Kier molecular flexibility index (Phi) is 4.97. The van der Waals surface area contributed by atoms with Crippen molar-refractivity contribution in [1.82, 2.24) is 15.0 Å². The van der Waals surface area contributed by atoms with Crippen LogP contribution in [0.1, 0.15) is 20.3 Å². The molecular weight excluding hydrogens is 220 g/mol. The molecule has 4 nitrogen and oxygen atoms in total. The molecule has 1 aromatic heterocycles. The zero-order chi connectivity index (χ0) is 10.4. The Balaban J connectivity index is 2.73. The lowest BCUT2D eigenvalue weighted by molar-refractivity contribution is 0.878. The Hall–Kier alpha value is -0.550. The van der Waals surface area contributed by atoms with Crippen molar-refractivity contribution < 1.29 is 0 Å². The largest absolute Gasteiger partial charge is 0.354 e. The van der Waals surface area contributed by atoms with Crippen LogP contribution in [0, 0.1) is 0 Å². The van der Waals surface area contributed by atoms with Crippen LogP contribution in [-0.2, 0) is 0 Å². The van der Waals surface area contributed by atoms with Gasteiger partial charge in [0.2, 0.25) is 11.2 Å². The average molecular weight is 233 g/mol. The molecule has 0 aliphatic carbocycles. The molecule has 0 aromatic carbocycles. The maximum absolute atomic E-state index is 5.75. The van der Waals surface area contributed by atoms with Gasteiger partial charge in [0.1, 0.15) is 0 Å². The summed E-state index contributed by atoms with van der Waals surface area (Å²) < 4.78 is 0. The third-order valence-corrected chi connectivity index (χ3v) is 2.29. The van der Waals surface area contributed by atoms with Crippen LogP contribution in [0.25, 0.3) is 0 Å². The molecule has 0 aliphatic rings. The van der Waals surface area contributed by atoms with Gasteiger partial charge < -0.3 is 5.32 Å². The van der Waals surface area contributed by atoms with E-state index in [1.54, 1.807) is 11.8 Å². The minimum Gasteiger partial charge on any atom is -0.354 e. The third kappa shape index (κ3) is 3.67. The fourth-order valence-electron chi connectivity index (χ4n) is 0.841. The molecule has 0 saturated carbocycles. The number of thioether (sulfide) groups is 1. The standard InChI is InChI=1S/C8H13ClN4S/c1-3-5-10-7-11-6(9)12-8(13-7)14-4-2/h3-5H2,1-2H3,(H,10,11,12,13). The highest BCUT2D eigenvalue weighted by atomic mass is 35.5. The molecule has 0 saturated heterocycles. The first-order valence-corrected chi connectivity index (χ1v) is 5.90.